The van der Waals surface area contributed by atoms with Crippen LogP contribution in [0.2, 0.25) is 5.02 Å². The highest BCUT2D eigenvalue weighted by molar-refractivity contribution is 6.31. The van der Waals surface area contributed by atoms with Crippen LogP contribution in [0.5, 0.6) is 11.6 Å². The minimum absolute atomic E-state index is 0.0158. The van der Waals surface area contributed by atoms with Crippen molar-refractivity contribution in [2.24, 2.45) is 0 Å². The van der Waals surface area contributed by atoms with Crippen molar-refractivity contribution in [3.8, 4) is 22.9 Å². The molecule has 0 radical (unpaired) electrons. The van der Waals surface area contributed by atoms with Gasteiger partial charge in [0.2, 0.25) is 5.88 Å². The number of ketones is 1. The van der Waals surface area contributed by atoms with Gasteiger partial charge in [-0.25, -0.2) is 14.8 Å². The highest BCUT2D eigenvalue weighted by Crippen LogP contribution is 2.32. The van der Waals surface area contributed by atoms with Crippen molar-refractivity contribution in [2.45, 2.75) is 44.9 Å². The molecule has 0 aliphatic carbocycles. The van der Waals surface area contributed by atoms with Crippen LogP contribution in [0.1, 0.15) is 56.1 Å². The molecular weight excluding hydrogens is 594 g/mol. The van der Waals surface area contributed by atoms with E-state index < -0.39 is 5.97 Å². The molecule has 0 unspecified atom stereocenters. The highest BCUT2D eigenvalue weighted by Gasteiger charge is 2.25. The number of ether oxygens (including phenoxy) is 3. The standard InChI is InChI=1S/C35H30ClN3O6/c1-43-31-15-24(35(41)42)14-29-34(31)38-32(39(29)18-26-11-12-44-26)16-21-5-6-22-13-20(21)8-10-30(40)27-17-25(36)9-7-23(27)19-45-33-4-2-3-28(22)37-33/h2-7,9,13-15,17,26H,8,10-12,16,18-19H2,1H3,(H,41,42)/t26-/m0/s1. The number of benzene rings is 3. The summed E-state index contributed by atoms with van der Waals surface area (Å²) < 4.78 is 19.4. The molecule has 4 bridgehead atoms. The number of aromatic nitrogens is 3. The second-order valence-electron chi connectivity index (χ2n) is 11.3. The van der Waals surface area contributed by atoms with Crippen LogP contribution in [0.15, 0.2) is 66.7 Å². The van der Waals surface area contributed by atoms with Crippen molar-refractivity contribution in [1.82, 2.24) is 14.5 Å². The average molecular weight is 624 g/mol. The number of methoxy groups -OCH3 is 1. The third kappa shape index (κ3) is 5.77. The molecule has 0 spiro atoms. The van der Waals surface area contributed by atoms with Gasteiger partial charge in [-0.15, -0.1) is 0 Å². The summed E-state index contributed by atoms with van der Waals surface area (Å²) in [5, 5.41) is 10.3. The van der Waals surface area contributed by atoms with Crippen molar-refractivity contribution in [3.05, 3.63) is 105 Å². The van der Waals surface area contributed by atoms with E-state index in [9.17, 15) is 14.7 Å². The predicted octanol–water partition coefficient (Wildman–Crippen LogP) is 6.55. The Balaban J connectivity index is 1.32. The van der Waals surface area contributed by atoms with E-state index in [2.05, 4.69) is 12.1 Å². The Morgan fingerprint density at radius 3 is 2.71 bits per heavy atom. The largest absolute Gasteiger partial charge is 0.494 e. The molecule has 1 atom stereocenters. The van der Waals surface area contributed by atoms with Crippen LogP contribution in [0.3, 0.4) is 0 Å². The highest BCUT2D eigenvalue weighted by atomic mass is 35.5. The Morgan fingerprint density at radius 2 is 1.93 bits per heavy atom. The number of halogens is 1. The molecule has 10 heteroatoms. The number of imidazole rings is 1. The fraction of sp³-hybridized carbons (Fsp3) is 0.257. The molecule has 2 aliphatic heterocycles. The topological polar surface area (TPSA) is 113 Å². The molecule has 7 rings (SSSR count). The second kappa shape index (κ2) is 12.0. The molecule has 5 aromatic rings. The molecule has 4 heterocycles. The molecule has 2 aromatic heterocycles. The summed E-state index contributed by atoms with van der Waals surface area (Å²) in [5.74, 6) is 0.558. The summed E-state index contributed by atoms with van der Waals surface area (Å²) in [6.07, 6.45) is 2.15. The number of carbonyl (C=O) groups excluding carboxylic acids is 1. The molecule has 1 fully saturated rings. The van der Waals surface area contributed by atoms with Gasteiger partial charge in [-0.1, -0.05) is 35.9 Å². The number of carboxylic acid groups (broad SMARTS) is 1. The van der Waals surface area contributed by atoms with Gasteiger partial charge in [0.05, 0.1) is 36.5 Å². The zero-order valence-corrected chi connectivity index (χ0v) is 25.3. The number of Topliss-reactive ketones (excluding diaryl/α,β-unsaturated/α-hetero) is 1. The van der Waals surface area contributed by atoms with Gasteiger partial charge in [-0.2, -0.15) is 0 Å². The fourth-order valence-electron chi connectivity index (χ4n) is 5.98. The maximum Gasteiger partial charge on any atom is 0.335 e. The van der Waals surface area contributed by atoms with Crippen molar-refractivity contribution >= 4 is 34.4 Å². The zero-order valence-electron chi connectivity index (χ0n) is 24.6. The fourth-order valence-corrected chi connectivity index (χ4v) is 6.15. The maximum atomic E-state index is 13.6. The number of hydrogen-bond donors (Lipinski definition) is 1. The normalized spacial score (nSPS) is 16.0. The smallest absolute Gasteiger partial charge is 0.335 e. The first-order chi connectivity index (χ1) is 21.9. The summed E-state index contributed by atoms with van der Waals surface area (Å²) in [6.45, 7) is 1.44. The van der Waals surface area contributed by atoms with Crippen molar-refractivity contribution < 1.29 is 28.9 Å². The van der Waals surface area contributed by atoms with Crippen molar-refractivity contribution in [1.29, 1.82) is 0 Å². The van der Waals surface area contributed by atoms with Gasteiger partial charge in [0.1, 0.15) is 23.7 Å². The van der Waals surface area contributed by atoms with Crippen LogP contribution in [-0.2, 0) is 30.7 Å². The molecule has 45 heavy (non-hydrogen) atoms. The third-order valence-corrected chi connectivity index (χ3v) is 8.72. The van der Waals surface area contributed by atoms with Gasteiger partial charge in [0, 0.05) is 47.2 Å². The average Bonchev–Trinajstić information content (AvgIpc) is 3.37. The van der Waals surface area contributed by atoms with Gasteiger partial charge in [0.25, 0.3) is 0 Å². The summed E-state index contributed by atoms with van der Waals surface area (Å²) in [6, 6.07) is 20.2. The lowest BCUT2D eigenvalue weighted by Gasteiger charge is -2.27. The number of nitrogens with zero attached hydrogens (tertiary/aromatic N) is 3. The van der Waals surface area contributed by atoms with Gasteiger partial charge in [-0.3, -0.25) is 4.79 Å². The van der Waals surface area contributed by atoms with Crippen LogP contribution >= 0.6 is 11.6 Å². The lowest BCUT2D eigenvalue weighted by atomic mass is 9.93. The molecule has 228 valence electrons. The third-order valence-electron chi connectivity index (χ3n) is 8.49. The monoisotopic (exact) mass is 623 g/mol. The zero-order chi connectivity index (χ0) is 31.1. The minimum Gasteiger partial charge on any atom is -0.494 e. The van der Waals surface area contributed by atoms with Gasteiger partial charge >= 0.3 is 5.97 Å². The van der Waals surface area contributed by atoms with E-state index in [1.165, 1.54) is 13.2 Å². The molecule has 2 aliphatic rings. The van der Waals surface area contributed by atoms with Crippen LogP contribution in [0.4, 0.5) is 0 Å². The summed E-state index contributed by atoms with van der Waals surface area (Å²) in [4.78, 5) is 35.2. The van der Waals surface area contributed by atoms with E-state index in [4.69, 9.17) is 35.8 Å². The quantitative estimate of drug-likeness (QED) is 0.227. The minimum atomic E-state index is -1.04. The lowest BCUT2D eigenvalue weighted by Crippen LogP contribution is -2.31. The van der Waals surface area contributed by atoms with Crippen LogP contribution in [0.25, 0.3) is 22.3 Å². The van der Waals surface area contributed by atoms with E-state index in [1.807, 2.05) is 28.8 Å². The van der Waals surface area contributed by atoms with Crippen LogP contribution in [0, 0.1) is 0 Å². The number of aryl methyl sites for hydroxylation is 1. The van der Waals surface area contributed by atoms with Crippen LogP contribution in [-0.4, -0.2) is 51.2 Å². The number of carbonyl (C=O) groups is 2. The SMILES string of the molecule is COc1cc(C(=O)O)cc2c1nc(Cc1ccc3cc1CCC(=O)c1cc(Cl)ccc1COc1cccc-3n1)n2C[C@@H]1CCO1. The van der Waals surface area contributed by atoms with E-state index in [1.54, 1.807) is 24.3 Å². The number of carboxylic acids is 1. The van der Waals surface area contributed by atoms with Gasteiger partial charge in [-0.05, 0) is 60.4 Å². The van der Waals surface area contributed by atoms with E-state index in [0.717, 1.165) is 40.2 Å². The number of hydrogen-bond acceptors (Lipinski definition) is 7. The number of fused-ring (bicyclic) bond motifs is 7. The summed E-state index contributed by atoms with van der Waals surface area (Å²) in [5.41, 5.74) is 6.37. The molecule has 0 saturated carbocycles. The first kappa shape index (κ1) is 29.0. The van der Waals surface area contributed by atoms with E-state index >= 15 is 0 Å². The Labute approximate surface area is 264 Å². The predicted molar refractivity (Wildman–Crippen MR) is 169 cm³/mol. The Hall–Kier alpha value is -4.73. The summed E-state index contributed by atoms with van der Waals surface area (Å²) >= 11 is 6.30. The molecular formula is C35H30ClN3O6. The lowest BCUT2D eigenvalue weighted by molar-refractivity contribution is -0.0589. The first-order valence-electron chi connectivity index (χ1n) is 14.8. The molecule has 0 amide bonds. The van der Waals surface area contributed by atoms with E-state index in [-0.39, 0.29) is 30.5 Å². The Bertz CT molecular complexity index is 1970. The van der Waals surface area contributed by atoms with Crippen molar-refractivity contribution in [3.63, 3.8) is 0 Å². The first-order valence-corrected chi connectivity index (χ1v) is 15.2. The van der Waals surface area contributed by atoms with Gasteiger partial charge in [0.15, 0.2) is 5.78 Å². The number of rotatable bonds is 6. The van der Waals surface area contributed by atoms with E-state index in [0.29, 0.717) is 59.2 Å². The van der Waals surface area contributed by atoms with Crippen molar-refractivity contribution in [2.75, 3.05) is 13.7 Å². The molecule has 9 nitrogen and oxygen atoms in total. The van der Waals surface area contributed by atoms with Gasteiger partial charge < -0.3 is 23.9 Å². The number of aromatic carboxylic acids is 1. The molecule has 1 N–H and O–H groups in total. The second-order valence-corrected chi connectivity index (χ2v) is 11.7. The molecule has 3 aromatic carbocycles. The maximum absolute atomic E-state index is 13.6. The molecule has 1 saturated heterocycles. The van der Waals surface area contributed by atoms with Crippen LogP contribution < -0.4 is 9.47 Å². The Morgan fingerprint density at radius 1 is 1.07 bits per heavy atom. The Kier molecular flexibility index (Phi) is 7.73. The number of pyridine rings is 1. The summed E-state index contributed by atoms with van der Waals surface area (Å²) in [7, 11) is 1.51.